The largest absolute Gasteiger partial charge is 0.479 e. The van der Waals surface area contributed by atoms with E-state index in [1.807, 2.05) is 12.2 Å². The van der Waals surface area contributed by atoms with Crippen LogP contribution in [0.1, 0.15) is 265 Å². The molecule has 0 amide bonds. The summed E-state index contributed by atoms with van der Waals surface area (Å²) in [5, 5.41) is 31.5. The fourth-order valence-corrected chi connectivity index (χ4v) is 8.97. The molecule has 1 heterocycles. The minimum absolute atomic E-state index is 0.0418. The molecular weight excluding hydrogens is 949 g/mol. The predicted molar refractivity (Wildman–Crippen MR) is 303 cm³/mol. The molecule has 6 atom stereocenters. The Labute approximate surface area is 456 Å². The first-order valence-electron chi connectivity index (χ1n) is 30.3. The number of hydrogen-bond acceptors (Lipinski definition) is 11. The normalized spacial score (nSPS) is 18.5. The minimum Gasteiger partial charge on any atom is -0.479 e. The van der Waals surface area contributed by atoms with Crippen molar-refractivity contribution in [2.75, 3.05) is 13.2 Å². The average molecular weight is 1060 g/mol. The average Bonchev–Trinajstić information content (AvgIpc) is 3.39. The summed E-state index contributed by atoms with van der Waals surface area (Å²) < 4.78 is 28.4. The van der Waals surface area contributed by atoms with Gasteiger partial charge in [-0.15, -0.1) is 0 Å². The number of carbonyl (C=O) groups excluding carboxylic acids is 3. The number of aliphatic carboxylic acids is 1. The lowest BCUT2D eigenvalue weighted by molar-refractivity contribution is -0.301. The van der Waals surface area contributed by atoms with E-state index in [1.165, 1.54) is 128 Å². The smallest absolute Gasteiger partial charge is 0.335 e. The van der Waals surface area contributed by atoms with Gasteiger partial charge in [-0.3, -0.25) is 14.4 Å². The first kappa shape index (κ1) is 69.4. The highest BCUT2D eigenvalue weighted by atomic mass is 16.7. The van der Waals surface area contributed by atoms with Crippen molar-refractivity contribution < 1.29 is 58.2 Å². The Morgan fingerprint density at radius 1 is 0.453 bits per heavy atom. The fraction of sp³-hybridized carbons (Fsp3) is 0.778. The van der Waals surface area contributed by atoms with Gasteiger partial charge in [0.2, 0.25) is 0 Å². The molecule has 1 fully saturated rings. The van der Waals surface area contributed by atoms with Crippen molar-refractivity contribution in [2.45, 2.75) is 302 Å². The number of carbonyl (C=O) groups is 4. The van der Waals surface area contributed by atoms with Crippen molar-refractivity contribution >= 4 is 23.9 Å². The van der Waals surface area contributed by atoms with Crippen molar-refractivity contribution in [3.63, 3.8) is 0 Å². The van der Waals surface area contributed by atoms with E-state index >= 15 is 0 Å². The van der Waals surface area contributed by atoms with Crippen molar-refractivity contribution in [3.05, 3.63) is 60.8 Å². The maximum absolute atomic E-state index is 13.1. The highest BCUT2D eigenvalue weighted by Gasteiger charge is 2.50. The van der Waals surface area contributed by atoms with E-state index in [2.05, 4.69) is 69.4 Å². The number of esters is 3. The van der Waals surface area contributed by atoms with Gasteiger partial charge in [0.05, 0.1) is 6.61 Å². The SMILES string of the molecule is CC/C=C\C/C=C\C/C=C\C/C=C\CCC(=O)OC(COC(=O)CCCCCCCCC/C=C\CCCCCCCC)COC1OC(C(=O)O)C(O)C(O)C1OC(=O)CCCCCCCCCCCCCCCCC. The van der Waals surface area contributed by atoms with E-state index in [4.69, 9.17) is 23.7 Å². The van der Waals surface area contributed by atoms with Crippen LogP contribution in [0, 0.1) is 0 Å². The third-order valence-electron chi connectivity index (χ3n) is 13.6. The molecule has 0 aromatic heterocycles. The molecule has 1 aliphatic heterocycles. The van der Waals surface area contributed by atoms with E-state index in [1.54, 1.807) is 0 Å². The van der Waals surface area contributed by atoms with Crippen LogP contribution in [0.4, 0.5) is 0 Å². The van der Waals surface area contributed by atoms with Gasteiger partial charge in [-0.25, -0.2) is 4.79 Å². The van der Waals surface area contributed by atoms with Gasteiger partial charge in [0.25, 0.3) is 0 Å². The molecule has 0 spiro atoms. The van der Waals surface area contributed by atoms with Gasteiger partial charge in [-0.05, 0) is 70.6 Å². The summed E-state index contributed by atoms with van der Waals surface area (Å²) in [5.41, 5.74) is 0. The zero-order valence-electron chi connectivity index (χ0n) is 47.5. The van der Waals surface area contributed by atoms with Crippen LogP contribution in [0.3, 0.4) is 0 Å². The van der Waals surface area contributed by atoms with E-state index in [0.717, 1.165) is 70.6 Å². The standard InChI is InChI=1S/C63H108O12/c1-4-7-10-13-16-19-22-25-27-28-30-32-34-37-40-43-46-49-55(64)71-52-54(73-56(65)50-47-44-41-38-35-31-24-21-18-15-12-9-6-3)53-72-63-61(59(68)58(67)60(75-63)62(69)70)74-57(66)51-48-45-42-39-36-33-29-26-23-20-17-14-11-8-5-2/h9,12,18,21,25,27,31,35,41,44,54,58-61,63,67-68H,4-8,10-11,13-17,19-20,22-24,26,28-30,32-34,36-40,42-43,45-53H2,1-3H3,(H,69,70)/b12-9-,21-18-,27-25-,35-31-,44-41-. The molecule has 12 nitrogen and oxygen atoms in total. The van der Waals surface area contributed by atoms with Gasteiger partial charge < -0.3 is 39.0 Å². The van der Waals surface area contributed by atoms with Gasteiger partial charge in [0.15, 0.2) is 24.6 Å². The highest BCUT2D eigenvalue weighted by Crippen LogP contribution is 2.26. The summed E-state index contributed by atoms with van der Waals surface area (Å²) in [6.07, 6.45) is 50.7. The fourth-order valence-electron chi connectivity index (χ4n) is 8.97. The van der Waals surface area contributed by atoms with E-state index in [-0.39, 0.29) is 25.9 Å². The Bertz CT molecular complexity index is 1540. The quantitative estimate of drug-likeness (QED) is 0.0228. The molecular formula is C63H108O12. The molecule has 3 N–H and O–H groups in total. The molecule has 0 aliphatic carbocycles. The van der Waals surface area contributed by atoms with E-state index in [0.29, 0.717) is 25.7 Å². The molecule has 1 saturated heterocycles. The number of unbranched alkanes of at least 4 members (excludes halogenated alkanes) is 27. The minimum atomic E-state index is -1.91. The van der Waals surface area contributed by atoms with Crippen molar-refractivity contribution in [1.29, 1.82) is 0 Å². The van der Waals surface area contributed by atoms with Gasteiger partial charge in [0, 0.05) is 19.3 Å². The molecule has 0 radical (unpaired) electrons. The molecule has 0 aromatic rings. The van der Waals surface area contributed by atoms with Crippen LogP contribution in [0.5, 0.6) is 0 Å². The zero-order valence-corrected chi connectivity index (χ0v) is 47.5. The summed E-state index contributed by atoms with van der Waals surface area (Å²) in [4.78, 5) is 51.1. The lowest BCUT2D eigenvalue weighted by Crippen LogP contribution is -2.61. The first-order valence-corrected chi connectivity index (χ1v) is 30.3. The number of aliphatic hydroxyl groups is 2. The van der Waals surface area contributed by atoms with E-state index in [9.17, 15) is 34.5 Å². The monoisotopic (exact) mass is 1060 g/mol. The topological polar surface area (TPSA) is 175 Å². The number of carboxylic acid groups (broad SMARTS) is 1. The summed E-state index contributed by atoms with van der Waals surface area (Å²) in [6.45, 7) is 5.82. The Balaban J connectivity index is 2.70. The number of aliphatic hydroxyl groups excluding tert-OH is 2. The van der Waals surface area contributed by atoms with Gasteiger partial charge in [-0.2, -0.15) is 0 Å². The maximum Gasteiger partial charge on any atom is 0.335 e. The van der Waals surface area contributed by atoms with Gasteiger partial charge in [0.1, 0.15) is 18.8 Å². The Morgan fingerprint density at radius 3 is 1.33 bits per heavy atom. The van der Waals surface area contributed by atoms with Crippen molar-refractivity contribution in [3.8, 4) is 0 Å². The number of rotatable bonds is 51. The lowest BCUT2D eigenvalue weighted by Gasteiger charge is -2.40. The Morgan fingerprint density at radius 2 is 0.867 bits per heavy atom. The molecule has 1 aliphatic rings. The molecule has 12 heteroatoms. The highest BCUT2D eigenvalue weighted by molar-refractivity contribution is 5.74. The van der Waals surface area contributed by atoms with Gasteiger partial charge in [-0.1, -0.05) is 236 Å². The molecule has 0 saturated carbocycles. The van der Waals surface area contributed by atoms with Crippen LogP contribution in [0.15, 0.2) is 60.8 Å². The van der Waals surface area contributed by atoms with Crippen LogP contribution >= 0.6 is 0 Å². The lowest BCUT2D eigenvalue weighted by atomic mass is 9.98. The van der Waals surface area contributed by atoms with Crippen LogP contribution in [0.25, 0.3) is 0 Å². The molecule has 0 bridgehead atoms. The van der Waals surface area contributed by atoms with Crippen molar-refractivity contribution in [1.82, 2.24) is 0 Å². The third-order valence-corrected chi connectivity index (χ3v) is 13.6. The number of carboxylic acids is 1. The summed E-state index contributed by atoms with van der Waals surface area (Å²) in [6, 6.07) is 0. The third kappa shape index (κ3) is 41.2. The van der Waals surface area contributed by atoms with Crippen LogP contribution < -0.4 is 0 Å². The molecule has 6 unspecified atom stereocenters. The van der Waals surface area contributed by atoms with Gasteiger partial charge >= 0.3 is 23.9 Å². The first-order chi connectivity index (χ1) is 36.6. The maximum atomic E-state index is 13.1. The second-order valence-corrected chi connectivity index (χ2v) is 20.6. The number of hydrogen-bond donors (Lipinski definition) is 3. The Kier molecular flexibility index (Phi) is 47.4. The summed E-state index contributed by atoms with van der Waals surface area (Å²) in [5.74, 6) is -3.22. The predicted octanol–water partition coefficient (Wildman–Crippen LogP) is 15.6. The second-order valence-electron chi connectivity index (χ2n) is 20.6. The van der Waals surface area contributed by atoms with Crippen molar-refractivity contribution in [2.24, 2.45) is 0 Å². The van der Waals surface area contributed by atoms with Crippen LogP contribution in [-0.4, -0.2) is 89.2 Å². The van der Waals surface area contributed by atoms with Crippen LogP contribution in [0.2, 0.25) is 0 Å². The van der Waals surface area contributed by atoms with E-state index < -0.39 is 67.3 Å². The van der Waals surface area contributed by atoms with Crippen LogP contribution in [-0.2, 0) is 42.9 Å². The second kappa shape index (κ2) is 51.2. The molecule has 75 heavy (non-hydrogen) atoms. The zero-order chi connectivity index (χ0) is 54.7. The number of allylic oxidation sites excluding steroid dienone is 10. The molecule has 1 rings (SSSR count). The number of ether oxygens (including phenoxy) is 5. The molecule has 0 aromatic carbocycles. The summed E-state index contributed by atoms with van der Waals surface area (Å²) >= 11 is 0. The summed E-state index contributed by atoms with van der Waals surface area (Å²) in [7, 11) is 0. The Hall–Kier alpha value is -3.58. The molecule has 432 valence electrons.